The van der Waals surface area contributed by atoms with E-state index in [2.05, 4.69) is 20.2 Å². The van der Waals surface area contributed by atoms with E-state index in [1.165, 1.54) is 12.8 Å². The van der Waals surface area contributed by atoms with Crippen molar-refractivity contribution < 1.29 is 4.74 Å². The predicted octanol–water partition coefficient (Wildman–Crippen LogP) is 0.811. The van der Waals surface area contributed by atoms with Crippen molar-refractivity contribution in [3.05, 3.63) is 18.1 Å². The van der Waals surface area contributed by atoms with Gasteiger partial charge >= 0.3 is 0 Å². The number of hydrogen-bond acceptors (Lipinski definition) is 5. The number of aromatic nitrogens is 2. The third-order valence-electron chi connectivity index (χ3n) is 2.84. The highest BCUT2D eigenvalue weighted by Gasteiger charge is 2.20. The van der Waals surface area contributed by atoms with Crippen LogP contribution in [-0.2, 0) is 11.3 Å². The van der Waals surface area contributed by atoms with Gasteiger partial charge in [0, 0.05) is 39.5 Å². The van der Waals surface area contributed by atoms with Crippen molar-refractivity contribution in [2.45, 2.75) is 25.4 Å². The molecule has 0 unspecified atom stereocenters. The number of ether oxygens (including phenoxy) is 1. The topological polar surface area (TPSA) is 50.3 Å². The van der Waals surface area contributed by atoms with Crippen molar-refractivity contribution in [2.75, 3.05) is 32.2 Å². The van der Waals surface area contributed by atoms with Gasteiger partial charge in [-0.15, -0.1) is 0 Å². The van der Waals surface area contributed by atoms with Gasteiger partial charge < -0.3 is 15.0 Å². The lowest BCUT2D eigenvalue weighted by molar-refractivity contribution is 0.206. The number of nitrogens with zero attached hydrogens (tertiary/aromatic N) is 3. The van der Waals surface area contributed by atoms with E-state index in [0.29, 0.717) is 12.6 Å². The summed E-state index contributed by atoms with van der Waals surface area (Å²) >= 11 is 0. The molecule has 1 N–H and O–H groups in total. The SMILES string of the molecule is COCCN(C)c1cncc(CNC2CC2)n1. The van der Waals surface area contributed by atoms with Crippen molar-refractivity contribution in [3.63, 3.8) is 0 Å². The number of nitrogens with one attached hydrogen (secondary N) is 1. The summed E-state index contributed by atoms with van der Waals surface area (Å²) in [5.74, 6) is 0.900. The lowest BCUT2D eigenvalue weighted by atomic mass is 10.4. The molecule has 0 aromatic carbocycles. The molecular formula is C12H20N4O. The predicted molar refractivity (Wildman–Crippen MR) is 67.0 cm³/mol. The Labute approximate surface area is 102 Å². The summed E-state index contributed by atoms with van der Waals surface area (Å²) in [6.45, 7) is 2.33. The second-order valence-electron chi connectivity index (χ2n) is 4.44. The number of hydrogen-bond donors (Lipinski definition) is 1. The van der Waals surface area contributed by atoms with Crippen molar-refractivity contribution in [3.8, 4) is 0 Å². The first-order valence-electron chi connectivity index (χ1n) is 6.04. The first-order chi connectivity index (χ1) is 8.29. The van der Waals surface area contributed by atoms with E-state index in [-0.39, 0.29) is 0 Å². The largest absolute Gasteiger partial charge is 0.383 e. The minimum atomic E-state index is 0.697. The fourth-order valence-electron chi connectivity index (χ4n) is 1.54. The van der Waals surface area contributed by atoms with Crippen LogP contribution < -0.4 is 10.2 Å². The molecule has 0 atom stereocenters. The molecule has 1 heterocycles. The Balaban J connectivity index is 1.89. The maximum Gasteiger partial charge on any atom is 0.147 e. The first-order valence-corrected chi connectivity index (χ1v) is 6.04. The van der Waals surface area contributed by atoms with E-state index in [1.807, 2.05) is 13.2 Å². The lowest BCUT2D eigenvalue weighted by Crippen LogP contribution is -2.24. The normalized spacial score (nSPS) is 14.9. The van der Waals surface area contributed by atoms with Gasteiger partial charge in [-0.05, 0) is 12.8 Å². The van der Waals surface area contributed by atoms with Gasteiger partial charge in [0.1, 0.15) is 5.82 Å². The van der Waals surface area contributed by atoms with Gasteiger partial charge in [0.15, 0.2) is 0 Å². The second kappa shape index (κ2) is 5.93. The fourth-order valence-corrected chi connectivity index (χ4v) is 1.54. The van der Waals surface area contributed by atoms with Crippen LogP contribution in [0, 0.1) is 0 Å². The maximum atomic E-state index is 5.05. The molecule has 94 valence electrons. The third kappa shape index (κ3) is 3.94. The molecule has 17 heavy (non-hydrogen) atoms. The summed E-state index contributed by atoms with van der Waals surface area (Å²) < 4.78 is 5.05. The molecule has 1 aromatic rings. The summed E-state index contributed by atoms with van der Waals surface area (Å²) in [5.41, 5.74) is 0.999. The van der Waals surface area contributed by atoms with Gasteiger partial charge in [0.25, 0.3) is 0 Å². The Hall–Kier alpha value is -1.20. The highest BCUT2D eigenvalue weighted by Crippen LogP contribution is 2.19. The molecule has 1 aliphatic rings. The molecule has 0 spiro atoms. The third-order valence-corrected chi connectivity index (χ3v) is 2.84. The molecule has 1 saturated carbocycles. The molecular weight excluding hydrogens is 216 g/mol. The molecule has 1 fully saturated rings. The summed E-state index contributed by atoms with van der Waals surface area (Å²) in [4.78, 5) is 10.9. The molecule has 5 nitrogen and oxygen atoms in total. The maximum absolute atomic E-state index is 5.05. The smallest absolute Gasteiger partial charge is 0.147 e. The van der Waals surface area contributed by atoms with Crippen LogP contribution in [0.5, 0.6) is 0 Å². The first kappa shape index (κ1) is 12.3. The molecule has 0 radical (unpaired) electrons. The van der Waals surface area contributed by atoms with E-state index >= 15 is 0 Å². The summed E-state index contributed by atoms with van der Waals surface area (Å²) in [6, 6.07) is 0.701. The number of likely N-dealkylation sites (N-methyl/N-ethyl adjacent to an activating group) is 1. The molecule has 5 heteroatoms. The zero-order chi connectivity index (χ0) is 12.1. The van der Waals surface area contributed by atoms with Gasteiger partial charge in [-0.3, -0.25) is 4.98 Å². The van der Waals surface area contributed by atoms with Crippen LogP contribution >= 0.6 is 0 Å². The van der Waals surface area contributed by atoms with Crippen molar-refractivity contribution >= 4 is 5.82 Å². The monoisotopic (exact) mass is 236 g/mol. The zero-order valence-electron chi connectivity index (χ0n) is 10.5. The average Bonchev–Trinajstić information content (AvgIpc) is 3.18. The molecule has 1 aromatic heterocycles. The van der Waals surface area contributed by atoms with E-state index in [1.54, 1.807) is 13.3 Å². The van der Waals surface area contributed by atoms with Crippen LogP contribution in [0.2, 0.25) is 0 Å². The van der Waals surface area contributed by atoms with Crippen LogP contribution in [0.15, 0.2) is 12.4 Å². The molecule has 0 bridgehead atoms. The van der Waals surface area contributed by atoms with E-state index in [4.69, 9.17) is 4.74 Å². The molecule has 2 rings (SSSR count). The molecule has 1 aliphatic carbocycles. The van der Waals surface area contributed by atoms with Gasteiger partial charge in [0.05, 0.1) is 18.5 Å². The quantitative estimate of drug-likeness (QED) is 0.759. The number of anilines is 1. The fraction of sp³-hybridized carbons (Fsp3) is 0.667. The Morgan fingerprint density at radius 1 is 1.47 bits per heavy atom. The van der Waals surface area contributed by atoms with E-state index in [9.17, 15) is 0 Å². The Kier molecular flexibility index (Phi) is 4.28. The zero-order valence-corrected chi connectivity index (χ0v) is 10.5. The van der Waals surface area contributed by atoms with Crippen molar-refractivity contribution in [1.29, 1.82) is 0 Å². The van der Waals surface area contributed by atoms with Crippen LogP contribution in [0.3, 0.4) is 0 Å². The highest BCUT2D eigenvalue weighted by atomic mass is 16.5. The Morgan fingerprint density at radius 3 is 3.00 bits per heavy atom. The summed E-state index contributed by atoms with van der Waals surface area (Å²) in [7, 11) is 3.70. The van der Waals surface area contributed by atoms with Gasteiger partial charge in [-0.2, -0.15) is 0 Å². The van der Waals surface area contributed by atoms with Crippen LogP contribution in [0.25, 0.3) is 0 Å². The molecule has 0 aliphatic heterocycles. The van der Waals surface area contributed by atoms with Gasteiger partial charge in [0.2, 0.25) is 0 Å². The molecule has 0 saturated heterocycles. The van der Waals surface area contributed by atoms with Crippen LogP contribution in [0.4, 0.5) is 5.82 Å². The summed E-state index contributed by atoms with van der Waals surface area (Å²) in [6.07, 6.45) is 6.20. The Morgan fingerprint density at radius 2 is 2.29 bits per heavy atom. The Bertz CT molecular complexity index is 354. The highest BCUT2D eigenvalue weighted by molar-refractivity contribution is 5.34. The van der Waals surface area contributed by atoms with Gasteiger partial charge in [-0.1, -0.05) is 0 Å². The standard InChI is InChI=1S/C12H20N4O/c1-16(5-6-17-2)12-9-13-7-11(15-12)8-14-10-3-4-10/h7,9-10,14H,3-6,8H2,1-2H3. The van der Waals surface area contributed by atoms with E-state index < -0.39 is 0 Å². The van der Waals surface area contributed by atoms with Crippen LogP contribution in [-0.4, -0.2) is 43.3 Å². The van der Waals surface area contributed by atoms with Gasteiger partial charge in [-0.25, -0.2) is 4.98 Å². The lowest BCUT2D eigenvalue weighted by Gasteiger charge is -2.17. The number of rotatable bonds is 7. The van der Waals surface area contributed by atoms with Crippen molar-refractivity contribution in [2.24, 2.45) is 0 Å². The summed E-state index contributed by atoms with van der Waals surface area (Å²) in [5, 5.41) is 3.44. The molecule has 0 amide bonds. The second-order valence-corrected chi connectivity index (χ2v) is 4.44. The van der Waals surface area contributed by atoms with Crippen LogP contribution in [0.1, 0.15) is 18.5 Å². The minimum absolute atomic E-state index is 0.697. The average molecular weight is 236 g/mol. The minimum Gasteiger partial charge on any atom is -0.383 e. The number of methoxy groups -OCH3 is 1. The van der Waals surface area contributed by atoms with E-state index in [0.717, 1.165) is 24.6 Å². The van der Waals surface area contributed by atoms with Crippen molar-refractivity contribution in [1.82, 2.24) is 15.3 Å².